The summed E-state index contributed by atoms with van der Waals surface area (Å²) in [6, 6.07) is 10.6. The second-order valence-corrected chi connectivity index (χ2v) is 6.97. The molecular formula is C25H20FNO4. The number of anilines is 2. The predicted molar refractivity (Wildman–Crippen MR) is 117 cm³/mol. The molecule has 5 nitrogen and oxygen atoms in total. The van der Waals surface area contributed by atoms with Crippen LogP contribution >= 0.6 is 0 Å². The van der Waals surface area contributed by atoms with E-state index in [4.69, 9.17) is 9.47 Å². The minimum Gasteiger partial charge on any atom is -0.478 e. The number of hydrogen-bond acceptors (Lipinski definition) is 4. The van der Waals surface area contributed by atoms with Gasteiger partial charge in [0, 0.05) is 5.69 Å². The smallest absolute Gasteiger partial charge is 0.337 e. The van der Waals surface area contributed by atoms with Crippen molar-refractivity contribution in [2.75, 3.05) is 5.32 Å². The number of allylic oxidation sites excluding steroid dienone is 5. The van der Waals surface area contributed by atoms with Crippen LogP contribution in [0, 0.1) is 5.82 Å². The van der Waals surface area contributed by atoms with Gasteiger partial charge in [0.1, 0.15) is 18.3 Å². The summed E-state index contributed by atoms with van der Waals surface area (Å²) in [6.07, 6.45) is 14.6. The summed E-state index contributed by atoms with van der Waals surface area (Å²) in [5, 5.41) is 12.5. The van der Waals surface area contributed by atoms with Crippen molar-refractivity contribution in [2.45, 2.75) is 12.8 Å². The van der Waals surface area contributed by atoms with E-state index in [9.17, 15) is 14.3 Å². The van der Waals surface area contributed by atoms with Crippen molar-refractivity contribution in [1.29, 1.82) is 0 Å². The molecule has 0 saturated carbocycles. The number of carboxylic acid groups (broad SMARTS) is 1. The van der Waals surface area contributed by atoms with E-state index in [0.29, 0.717) is 22.9 Å². The van der Waals surface area contributed by atoms with Crippen LogP contribution < -0.4 is 5.32 Å². The molecule has 0 bridgehead atoms. The maximum atomic E-state index is 13.2. The Morgan fingerprint density at radius 3 is 2.68 bits per heavy atom. The van der Waals surface area contributed by atoms with Crippen LogP contribution in [0.1, 0.15) is 28.8 Å². The van der Waals surface area contributed by atoms with Crippen molar-refractivity contribution in [3.8, 4) is 0 Å². The number of rotatable bonds is 6. The molecule has 2 aliphatic rings. The highest BCUT2D eigenvalue weighted by Gasteiger charge is 2.14. The van der Waals surface area contributed by atoms with Gasteiger partial charge in [-0.1, -0.05) is 30.4 Å². The largest absolute Gasteiger partial charge is 0.478 e. The number of hydrogen-bond donors (Lipinski definition) is 2. The lowest BCUT2D eigenvalue weighted by Gasteiger charge is -2.18. The van der Waals surface area contributed by atoms with E-state index >= 15 is 0 Å². The average Bonchev–Trinajstić information content (AvgIpc) is 2.80. The normalized spacial score (nSPS) is 15.5. The zero-order valence-electron chi connectivity index (χ0n) is 16.5. The quantitative estimate of drug-likeness (QED) is 0.578. The van der Waals surface area contributed by atoms with Crippen LogP contribution in [0.2, 0.25) is 0 Å². The van der Waals surface area contributed by atoms with E-state index in [1.54, 1.807) is 42.7 Å². The van der Waals surface area contributed by atoms with Crippen molar-refractivity contribution in [2.24, 2.45) is 0 Å². The van der Waals surface area contributed by atoms with Crippen LogP contribution in [0.15, 0.2) is 96.4 Å². The van der Waals surface area contributed by atoms with E-state index in [1.807, 2.05) is 12.2 Å². The van der Waals surface area contributed by atoms with Crippen molar-refractivity contribution in [1.82, 2.24) is 0 Å². The Hall–Kier alpha value is -4.06. The molecule has 31 heavy (non-hydrogen) atoms. The molecule has 0 fully saturated rings. The summed E-state index contributed by atoms with van der Waals surface area (Å²) < 4.78 is 24.5. The van der Waals surface area contributed by atoms with Crippen LogP contribution in [-0.2, 0) is 9.47 Å². The topological polar surface area (TPSA) is 67.8 Å². The summed E-state index contributed by atoms with van der Waals surface area (Å²) in [5.41, 5.74) is 2.92. The molecule has 0 saturated heterocycles. The fourth-order valence-electron chi connectivity index (χ4n) is 3.18. The molecule has 0 spiro atoms. The highest BCUT2D eigenvalue weighted by molar-refractivity contribution is 5.95. The van der Waals surface area contributed by atoms with Gasteiger partial charge in [-0.25, -0.2) is 9.18 Å². The van der Waals surface area contributed by atoms with Crippen molar-refractivity contribution in [3.05, 3.63) is 113 Å². The van der Waals surface area contributed by atoms with Gasteiger partial charge in [0.25, 0.3) is 0 Å². The Bertz CT molecular complexity index is 1140. The molecule has 1 aliphatic heterocycles. The third-order valence-electron chi connectivity index (χ3n) is 4.75. The standard InChI is InChI=1S/C25H20FNO4/c26-19-8-10-20(11-9-19)27-23-14-17(7-13-22(23)25(28)29)6-12-21-15-30-16-24(31-21)18-4-2-1-3-5-18/h1-2,4,6-16,27H,3,5H2,(H,28,29). The number of carbonyl (C=O) groups is 1. The van der Waals surface area contributed by atoms with Crippen molar-refractivity contribution >= 4 is 23.4 Å². The average molecular weight is 417 g/mol. The van der Waals surface area contributed by atoms with Gasteiger partial charge in [0.05, 0.1) is 11.3 Å². The van der Waals surface area contributed by atoms with Crippen LogP contribution in [-0.4, -0.2) is 11.1 Å². The molecule has 2 aromatic carbocycles. The molecule has 0 radical (unpaired) electrons. The van der Waals surface area contributed by atoms with Gasteiger partial charge in [-0.2, -0.15) is 0 Å². The number of benzene rings is 2. The zero-order chi connectivity index (χ0) is 21.6. The van der Waals surface area contributed by atoms with Gasteiger partial charge in [0.2, 0.25) is 0 Å². The van der Waals surface area contributed by atoms with E-state index < -0.39 is 5.97 Å². The second kappa shape index (κ2) is 9.17. The molecule has 6 heteroatoms. The molecule has 4 rings (SSSR count). The minimum atomic E-state index is -1.06. The summed E-state index contributed by atoms with van der Waals surface area (Å²) >= 11 is 0. The Balaban J connectivity index is 1.51. The number of carboxylic acids is 1. The van der Waals surface area contributed by atoms with Gasteiger partial charge in [-0.05, 0) is 66.5 Å². The first kappa shape index (κ1) is 20.2. The summed E-state index contributed by atoms with van der Waals surface area (Å²) in [5.74, 6) is -0.219. The molecule has 2 aromatic rings. The summed E-state index contributed by atoms with van der Waals surface area (Å²) in [4.78, 5) is 11.6. The molecule has 0 atom stereocenters. The zero-order valence-corrected chi connectivity index (χ0v) is 16.5. The Morgan fingerprint density at radius 2 is 1.94 bits per heavy atom. The monoisotopic (exact) mass is 417 g/mol. The van der Waals surface area contributed by atoms with Crippen LogP contribution in [0.5, 0.6) is 0 Å². The maximum Gasteiger partial charge on any atom is 0.337 e. The Kier molecular flexibility index (Phi) is 5.98. The van der Waals surface area contributed by atoms with Crippen LogP contribution in [0.25, 0.3) is 6.08 Å². The second-order valence-electron chi connectivity index (χ2n) is 6.97. The van der Waals surface area contributed by atoms with Gasteiger partial charge in [-0.15, -0.1) is 0 Å². The van der Waals surface area contributed by atoms with Crippen LogP contribution in [0.3, 0.4) is 0 Å². The van der Waals surface area contributed by atoms with E-state index in [-0.39, 0.29) is 11.4 Å². The third-order valence-corrected chi connectivity index (χ3v) is 4.75. The first-order chi connectivity index (χ1) is 15.1. The molecule has 1 aliphatic carbocycles. The first-order valence-corrected chi connectivity index (χ1v) is 9.76. The SMILES string of the molecule is O=C(O)c1ccc(C=CC2=COC=C(C3=CC=CCC3)O2)cc1Nc1ccc(F)cc1. The van der Waals surface area contributed by atoms with Gasteiger partial charge >= 0.3 is 5.97 Å². The van der Waals surface area contributed by atoms with Gasteiger partial charge in [0.15, 0.2) is 11.5 Å². The number of ether oxygens (including phenoxy) is 2. The van der Waals surface area contributed by atoms with Crippen molar-refractivity contribution in [3.63, 3.8) is 0 Å². The molecule has 0 aromatic heterocycles. The Labute approximate surface area is 179 Å². The van der Waals surface area contributed by atoms with Crippen LogP contribution in [0.4, 0.5) is 15.8 Å². The molecule has 156 valence electrons. The van der Waals surface area contributed by atoms with E-state index in [0.717, 1.165) is 24.0 Å². The summed E-state index contributed by atoms with van der Waals surface area (Å²) in [7, 11) is 0. The maximum absolute atomic E-state index is 13.2. The molecular weight excluding hydrogens is 397 g/mol. The highest BCUT2D eigenvalue weighted by atomic mass is 19.1. The van der Waals surface area contributed by atoms with Gasteiger partial charge in [-0.3, -0.25) is 0 Å². The molecule has 2 N–H and O–H groups in total. The van der Waals surface area contributed by atoms with Gasteiger partial charge < -0.3 is 19.9 Å². The number of aromatic carboxylic acids is 1. The van der Waals surface area contributed by atoms with E-state index in [1.165, 1.54) is 24.5 Å². The first-order valence-electron chi connectivity index (χ1n) is 9.76. The molecule has 1 heterocycles. The lowest BCUT2D eigenvalue weighted by Crippen LogP contribution is -2.03. The fourth-order valence-corrected chi connectivity index (χ4v) is 3.18. The van der Waals surface area contributed by atoms with Crippen molar-refractivity contribution < 1.29 is 23.8 Å². The lowest BCUT2D eigenvalue weighted by atomic mass is 10.0. The lowest BCUT2D eigenvalue weighted by molar-refractivity contribution is 0.0698. The predicted octanol–water partition coefficient (Wildman–Crippen LogP) is 6.29. The summed E-state index contributed by atoms with van der Waals surface area (Å²) in [6.45, 7) is 0. The number of nitrogens with one attached hydrogen (secondary N) is 1. The molecule has 0 unspecified atom stereocenters. The Morgan fingerprint density at radius 1 is 1.10 bits per heavy atom. The fraction of sp³-hybridized carbons (Fsp3) is 0.0800. The minimum absolute atomic E-state index is 0.112. The van der Waals surface area contributed by atoms with E-state index in [2.05, 4.69) is 11.4 Å². The third kappa shape index (κ3) is 5.11. The molecule has 0 amide bonds. The highest BCUT2D eigenvalue weighted by Crippen LogP contribution is 2.28. The number of halogens is 1.